The Labute approximate surface area is 174 Å². The fourth-order valence-electron chi connectivity index (χ4n) is 5.08. The second-order valence-corrected chi connectivity index (χ2v) is 8.95. The molecule has 2 aliphatic rings. The van der Waals surface area contributed by atoms with Gasteiger partial charge in [0.05, 0.1) is 12.6 Å². The molecule has 0 radical (unpaired) electrons. The maximum absolute atomic E-state index is 4.60. The van der Waals surface area contributed by atoms with Gasteiger partial charge in [0.2, 0.25) is 5.82 Å². The Morgan fingerprint density at radius 2 is 1.72 bits per heavy atom. The van der Waals surface area contributed by atoms with Crippen molar-refractivity contribution in [3.8, 4) is 0 Å². The Hall–Kier alpha value is -1.99. The number of quaternary nitrogens is 2. The predicted molar refractivity (Wildman–Crippen MR) is 114 cm³/mol. The van der Waals surface area contributed by atoms with E-state index < -0.39 is 0 Å². The highest BCUT2D eigenvalue weighted by molar-refractivity contribution is 5.46. The van der Waals surface area contributed by atoms with Crippen molar-refractivity contribution in [1.82, 2.24) is 20.2 Å². The van der Waals surface area contributed by atoms with Gasteiger partial charge in [-0.2, -0.15) is 0 Å². The molecule has 4 rings (SSSR count). The highest BCUT2D eigenvalue weighted by atomic mass is 15.6. The maximum atomic E-state index is 4.60. The maximum Gasteiger partial charge on any atom is 0.214 e. The molecule has 0 bridgehead atoms. The molecule has 29 heavy (non-hydrogen) atoms. The molecule has 2 heterocycles. The van der Waals surface area contributed by atoms with Gasteiger partial charge in [-0.1, -0.05) is 31.4 Å². The van der Waals surface area contributed by atoms with Crippen LogP contribution < -0.4 is 14.7 Å². The van der Waals surface area contributed by atoms with Crippen LogP contribution in [0.15, 0.2) is 24.3 Å². The van der Waals surface area contributed by atoms with Gasteiger partial charge >= 0.3 is 0 Å². The van der Waals surface area contributed by atoms with Crippen LogP contribution in [0.5, 0.6) is 0 Å². The Kier molecular flexibility index (Phi) is 6.45. The molecule has 1 aromatic carbocycles. The van der Waals surface area contributed by atoms with Gasteiger partial charge in [-0.25, -0.2) is 4.68 Å². The predicted octanol–water partition coefficient (Wildman–Crippen LogP) is 0.137. The first-order valence-electron chi connectivity index (χ1n) is 11.4. The van der Waals surface area contributed by atoms with Crippen molar-refractivity contribution in [2.75, 3.05) is 51.7 Å². The number of hydrogen-bond donors (Lipinski definition) is 2. The number of rotatable bonds is 6. The van der Waals surface area contributed by atoms with E-state index in [1.165, 1.54) is 76.1 Å². The zero-order valence-corrected chi connectivity index (χ0v) is 18.3. The molecule has 1 aromatic heterocycles. The summed E-state index contributed by atoms with van der Waals surface area (Å²) in [7, 11) is 4.18. The van der Waals surface area contributed by atoms with Crippen molar-refractivity contribution in [2.24, 2.45) is 0 Å². The van der Waals surface area contributed by atoms with Crippen molar-refractivity contribution >= 4 is 5.69 Å². The van der Waals surface area contributed by atoms with E-state index >= 15 is 0 Å². The van der Waals surface area contributed by atoms with Crippen molar-refractivity contribution in [3.63, 3.8) is 0 Å². The topological polar surface area (TPSA) is 55.7 Å². The van der Waals surface area contributed by atoms with Crippen LogP contribution in [0.25, 0.3) is 0 Å². The van der Waals surface area contributed by atoms with Gasteiger partial charge in [-0.05, 0) is 42.3 Å². The summed E-state index contributed by atoms with van der Waals surface area (Å²) < 4.78 is 2.18. The number of piperazine rings is 1. The summed E-state index contributed by atoms with van der Waals surface area (Å²) >= 11 is 0. The normalized spacial score (nSPS) is 24.4. The van der Waals surface area contributed by atoms with Crippen LogP contribution in [0, 0.1) is 0 Å². The molecule has 1 saturated carbocycles. The molecular formula is C22H37N7+2. The third-order valence-electron chi connectivity index (χ3n) is 6.95. The van der Waals surface area contributed by atoms with Crippen LogP contribution in [0.3, 0.4) is 0 Å². The minimum absolute atomic E-state index is 0.210. The lowest BCUT2D eigenvalue weighted by atomic mass is 9.95. The number of hydrogen-bond acceptors (Lipinski definition) is 4. The summed E-state index contributed by atoms with van der Waals surface area (Å²) in [6, 6.07) is 9.69. The molecule has 2 fully saturated rings. The standard InChI is InChI=1S/C22H35N7/c1-4-27-14-16-28(17-15-27)21(18-10-12-19(13-11-18)26(2)3)22-23-24-25-29(22)20-8-6-5-7-9-20/h10-13,20-21H,4-9,14-17H2,1-3H3/p+2/t21-/m1/s1. The summed E-state index contributed by atoms with van der Waals surface area (Å²) in [6.07, 6.45) is 6.33. The van der Waals surface area contributed by atoms with E-state index in [0.29, 0.717) is 6.04 Å². The van der Waals surface area contributed by atoms with Crippen LogP contribution in [0.4, 0.5) is 5.69 Å². The second-order valence-electron chi connectivity index (χ2n) is 8.95. The van der Waals surface area contributed by atoms with Crippen LogP contribution >= 0.6 is 0 Å². The van der Waals surface area contributed by atoms with E-state index in [1.54, 1.807) is 9.80 Å². The van der Waals surface area contributed by atoms with Gasteiger partial charge in [-0.3, -0.25) is 0 Å². The average molecular weight is 400 g/mol. The molecule has 1 saturated heterocycles. The zero-order valence-electron chi connectivity index (χ0n) is 18.3. The zero-order chi connectivity index (χ0) is 20.2. The molecular weight excluding hydrogens is 362 g/mol. The van der Waals surface area contributed by atoms with E-state index in [0.717, 1.165) is 5.82 Å². The molecule has 0 amide bonds. The largest absolute Gasteiger partial charge is 0.378 e. The Morgan fingerprint density at radius 3 is 2.34 bits per heavy atom. The van der Waals surface area contributed by atoms with E-state index in [-0.39, 0.29) is 6.04 Å². The number of tetrazole rings is 1. The molecule has 1 aliphatic carbocycles. The van der Waals surface area contributed by atoms with Crippen LogP contribution in [0.1, 0.15) is 62.5 Å². The molecule has 158 valence electrons. The molecule has 2 aromatic rings. The third kappa shape index (κ3) is 4.46. The monoisotopic (exact) mass is 399 g/mol. The molecule has 0 unspecified atom stereocenters. The quantitative estimate of drug-likeness (QED) is 0.726. The summed E-state index contributed by atoms with van der Waals surface area (Å²) in [6.45, 7) is 8.30. The highest BCUT2D eigenvalue weighted by Crippen LogP contribution is 2.30. The molecule has 0 spiro atoms. The smallest absolute Gasteiger partial charge is 0.214 e. The third-order valence-corrected chi connectivity index (χ3v) is 6.95. The minimum atomic E-state index is 0.210. The second kappa shape index (κ2) is 9.22. The lowest BCUT2D eigenvalue weighted by Crippen LogP contribution is -3.28. The first kappa shape index (κ1) is 20.3. The summed E-state index contributed by atoms with van der Waals surface area (Å²) in [4.78, 5) is 5.47. The highest BCUT2D eigenvalue weighted by Gasteiger charge is 2.36. The average Bonchev–Trinajstić information content (AvgIpc) is 3.25. The van der Waals surface area contributed by atoms with E-state index in [9.17, 15) is 0 Å². The summed E-state index contributed by atoms with van der Waals surface area (Å²) in [5.74, 6) is 1.06. The van der Waals surface area contributed by atoms with Crippen molar-refractivity contribution in [3.05, 3.63) is 35.7 Å². The number of aromatic nitrogens is 4. The molecule has 7 nitrogen and oxygen atoms in total. The fourth-order valence-corrected chi connectivity index (χ4v) is 5.08. The van der Waals surface area contributed by atoms with Gasteiger partial charge < -0.3 is 14.7 Å². The Balaban J connectivity index is 1.66. The summed E-state index contributed by atoms with van der Waals surface area (Å²) in [5.41, 5.74) is 2.56. The number of anilines is 1. The number of benzene rings is 1. The van der Waals surface area contributed by atoms with Crippen molar-refractivity contribution in [2.45, 2.75) is 51.1 Å². The Morgan fingerprint density at radius 1 is 1.03 bits per heavy atom. The fraction of sp³-hybridized carbons (Fsp3) is 0.682. The lowest BCUT2D eigenvalue weighted by molar-refractivity contribution is -1.02. The van der Waals surface area contributed by atoms with Crippen LogP contribution in [-0.2, 0) is 0 Å². The minimum Gasteiger partial charge on any atom is -0.378 e. The van der Waals surface area contributed by atoms with Crippen LogP contribution in [-0.4, -0.2) is 67.0 Å². The van der Waals surface area contributed by atoms with Crippen molar-refractivity contribution in [1.29, 1.82) is 0 Å². The Bertz CT molecular complexity index is 756. The first-order valence-corrected chi connectivity index (χ1v) is 11.4. The van der Waals surface area contributed by atoms with Crippen LogP contribution in [0.2, 0.25) is 0 Å². The van der Waals surface area contributed by atoms with Crippen molar-refractivity contribution < 1.29 is 9.80 Å². The first-order chi connectivity index (χ1) is 14.2. The summed E-state index contributed by atoms with van der Waals surface area (Å²) in [5, 5.41) is 13.2. The molecule has 7 heteroatoms. The van der Waals surface area contributed by atoms with E-state index in [1.807, 2.05) is 0 Å². The van der Waals surface area contributed by atoms with E-state index in [2.05, 4.69) is 70.4 Å². The number of likely N-dealkylation sites (N-methyl/N-ethyl adjacent to an activating group) is 1. The van der Waals surface area contributed by atoms with Gasteiger partial charge in [0, 0.05) is 25.3 Å². The molecule has 1 aliphatic heterocycles. The van der Waals surface area contributed by atoms with E-state index in [4.69, 9.17) is 0 Å². The van der Waals surface area contributed by atoms with Gasteiger partial charge in [-0.15, -0.1) is 5.10 Å². The van der Waals surface area contributed by atoms with Gasteiger partial charge in [0.15, 0.2) is 6.04 Å². The molecule has 2 N–H and O–H groups in total. The SMILES string of the molecule is CC[NH+]1CC[NH+]([C@H](c2ccc(N(C)C)cc2)c2nnnn2C2CCCCC2)CC1. The number of nitrogens with one attached hydrogen (secondary N) is 2. The lowest BCUT2D eigenvalue weighted by Gasteiger charge is -2.34. The molecule has 1 atom stereocenters. The van der Waals surface area contributed by atoms with Gasteiger partial charge in [0.25, 0.3) is 0 Å². The number of nitrogens with zero attached hydrogens (tertiary/aromatic N) is 5. The van der Waals surface area contributed by atoms with Gasteiger partial charge in [0.1, 0.15) is 26.2 Å².